The molecule has 0 aromatic carbocycles. The van der Waals surface area contributed by atoms with Crippen molar-refractivity contribution < 1.29 is 0 Å². The fraction of sp³-hybridized carbons (Fsp3) is 0.750. The molecule has 0 atom stereocenters. The zero-order chi connectivity index (χ0) is 10.7. The number of nitrogens with one attached hydrogen (secondary N) is 1. The van der Waals surface area contributed by atoms with Crippen LogP contribution in [0.2, 0.25) is 0 Å². The predicted molar refractivity (Wildman–Crippen MR) is 61.6 cm³/mol. The van der Waals surface area contributed by atoms with E-state index in [4.69, 9.17) is 0 Å². The lowest BCUT2D eigenvalue weighted by molar-refractivity contribution is 0.355. The largest absolute Gasteiger partial charge is 0.334 e. The van der Waals surface area contributed by atoms with Gasteiger partial charge in [-0.15, -0.1) is 0 Å². The van der Waals surface area contributed by atoms with Gasteiger partial charge in [0.2, 0.25) is 0 Å². The summed E-state index contributed by atoms with van der Waals surface area (Å²) >= 11 is 0. The van der Waals surface area contributed by atoms with Crippen LogP contribution in [0.3, 0.4) is 0 Å². The molecule has 1 aromatic rings. The molecular formula is C12H21N3. The van der Waals surface area contributed by atoms with Crippen LogP contribution in [0.5, 0.6) is 0 Å². The Hall–Kier alpha value is -0.830. The number of imidazole rings is 1. The van der Waals surface area contributed by atoms with Crippen molar-refractivity contribution in [3.05, 3.63) is 18.2 Å². The second-order valence-corrected chi connectivity index (χ2v) is 4.75. The van der Waals surface area contributed by atoms with Crippen molar-refractivity contribution >= 4 is 0 Å². The SMILES string of the molecule is CCn1ccnc1CNC1(C)CCCC1. The molecule has 1 aromatic heterocycles. The van der Waals surface area contributed by atoms with Crippen molar-refractivity contribution in [2.24, 2.45) is 0 Å². The summed E-state index contributed by atoms with van der Waals surface area (Å²) in [6, 6.07) is 0. The Kier molecular flexibility index (Phi) is 3.10. The quantitative estimate of drug-likeness (QED) is 0.821. The van der Waals surface area contributed by atoms with Crippen molar-refractivity contribution in [2.45, 2.75) is 58.2 Å². The van der Waals surface area contributed by atoms with Crippen LogP contribution in [0.4, 0.5) is 0 Å². The van der Waals surface area contributed by atoms with Gasteiger partial charge in [-0.3, -0.25) is 0 Å². The Morgan fingerprint density at radius 1 is 1.47 bits per heavy atom. The summed E-state index contributed by atoms with van der Waals surface area (Å²) in [5, 5.41) is 3.65. The highest BCUT2D eigenvalue weighted by atomic mass is 15.1. The third kappa shape index (κ3) is 2.40. The second-order valence-electron chi connectivity index (χ2n) is 4.75. The topological polar surface area (TPSA) is 29.9 Å². The Bertz CT molecular complexity index is 310. The molecule has 1 N–H and O–H groups in total. The molecule has 0 spiro atoms. The lowest BCUT2D eigenvalue weighted by Gasteiger charge is -2.25. The minimum absolute atomic E-state index is 0.352. The van der Waals surface area contributed by atoms with Gasteiger partial charge in [-0.2, -0.15) is 0 Å². The smallest absolute Gasteiger partial charge is 0.122 e. The first-order valence-corrected chi connectivity index (χ1v) is 5.98. The Morgan fingerprint density at radius 2 is 2.20 bits per heavy atom. The van der Waals surface area contributed by atoms with Crippen LogP contribution in [0.25, 0.3) is 0 Å². The fourth-order valence-electron chi connectivity index (χ4n) is 2.42. The maximum Gasteiger partial charge on any atom is 0.122 e. The number of aryl methyl sites for hydroxylation is 1. The Morgan fingerprint density at radius 3 is 2.87 bits per heavy atom. The Labute approximate surface area is 91.9 Å². The van der Waals surface area contributed by atoms with Gasteiger partial charge in [-0.25, -0.2) is 4.98 Å². The molecule has 1 aliphatic rings. The van der Waals surface area contributed by atoms with Gasteiger partial charge < -0.3 is 9.88 Å². The molecule has 1 heterocycles. The fourth-order valence-corrected chi connectivity index (χ4v) is 2.42. The average molecular weight is 207 g/mol. The first kappa shape index (κ1) is 10.7. The maximum absolute atomic E-state index is 4.38. The maximum atomic E-state index is 4.38. The molecule has 2 rings (SSSR count). The summed E-state index contributed by atoms with van der Waals surface area (Å²) in [5.74, 6) is 1.16. The van der Waals surface area contributed by atoms with E-state index in [0.29, 0.717) is 5.54 Å². The van der Waals surface area contributed by atoms with Crippen LogP contribution in [0.15, 0.2) is 12.4 Å². The molecule has 84 valence electrons. The van der Waals surface area contributed by atoms with Crippen LogP contribution in [0, 0.1) is 0 Å². The van der Waals surface area contributed by atoms with Gasteiger partial charge in [0.15, 0.2) is 0 Å². The zero-order valence-corrected chi connectivity index (χ0v) is 9.79. The highest BCUT2D eigenvalue weighted by Crippen LogP contribution is 2.28. The first-order chi connectivity index (χ1) is 7.23. The monoisotopic (exact) mass is 207 g/mol. The van der Waals surface area contributed by atoms with Gasteiger partial charge in [0, 0.05) is 24.5 Å². The molecule has 0 saturated heterocycles. The van der Waals surface area contributed by atoms with Gasteiger partial charge in [-0.05, 0) is 26.7 Å². The van der Waals surface area contributed by atoms with Crippen LogP contribution in [-0.2, 0) is 13.1 Å². The molecule has 1 saturated carbocycles. The third-order valence-electron chi connectivity index (χ3n) is 3.52. The van der Waals surface area contributed by atoms with E-state index in [9.17, 15) is 0 Å². The third-order valence-corrected chi connectivity index (χ3v) is 3.52. The van der Waals surface area contributed by atoms with E-state index < -0.39 is 0 Å². The normalized spacial score (nSPS) is 19.6. The minimum Gasteiger partial charge on any atom is -0.334 e. The van der Waals surface area contributed by atoms with Crippen molar-refractivity contribution in [1.29, 1.82) is 0 Å². The highest BCUT2D eigenvalue weighted by molar-refractivity contribution is 4.95. The number of rotatable bonds is 4. The average Bonchev–Trinajstić information content (AvgIpc) is 2.84. The molecule has 3 nitrogen and oxygen atoms in total. The van der Waals surface area contributed by atoms with Crippen molar-refractivity contribution in [3.8, 4) is 0 Å². The first-order valence-electron chi connectivity index (χ1n) is 5.98. The molecule has 0 aliphatic heterocycles. The van der Waals surface area contributed by atoms with Gasteiger partial charge in [0.1, 0.15) is 5.82 Å². The molecule has 1 aliphatic carbocycles. The highest BCUT2D eigenvalue weighted by Gasteiger charge is 2.27. The van der Waals surface area contributed by atoms with Gasteiger partial charge in [0.25, 0.3) is 0 Å². The molecule has 0 amide bonds. The molecule has 0 bridgehead atoms. The zero-order valence-electron chi connectivity index (χ0n) is 9.79. The summed E-state index contributed by atoms with van der Waals surface area (Å²) < 4.78 is 2.20. The van der Waals surface area contributed by atoms with E-state index >= 15 is 0 Å². The summed E-state index contributed by atoms with van der Waals surface area (Å²) in [4.78, 5) is 4.38. The molecule has 15 heavy (non-hydrogen) atoms. The van der Waals surface area contributed by atoms with E-state index in [1.807, 2.05) is 12.4 Å². The minimum atomic E-state index is 0.352. The van der Waals surface area contributed by atoms with Gasteiger partial charge >= 0.3 is 0 Å². The van der Waals surface area contributed by atoms with Crippen LogP contribution >= 0.6 is 0 Å². The lowest BCUT2D eigenvalue weighted by atomic mass is 10.0. The summed E-state index contributed by atoms with van der Waals surface area (Å²) in [6.07, 6.45) is 9.28. The molecule has 3 heteroatoms. The Balaban J connectivity index is 1.92. The van der Waals surface area contributed by atoms with E-state index in [0.717, 1.165) is 18.9 Å². The van der Waals surface area contributed by atoms with Crippen LogP contribution in [-0.4, -0.2) is 15.1 Å². The second kappa shape index (κ2) is 4.35. The number of aromatic nitrogens is 2. The van der Waals surface area contributed by atoms with E-state index in [1.54, 1.807) is 0 Å². The van der Waals surface area contributed by atoms with Gasteiger partial charge in [0.05, 0.1) is 6.54 Å². The summed E-state index contributed by atoms with van der Waals surface area (Å²) in [7, 11) is 0. The van der Waals surface area contributed by atoms with Crippen LogP contribution in [0.1, 0.15) is 45.4 Å². The lowest BCUT2D eigenvalue weighted by Crippen LogP contribution is -2.39. The molecular weight excluding hydrogens is 186 g/mol. The number of hydrogen-bond acceptors (Lipinski definition) is 2. The standard InChI is InChI=1S/C12H21N3/c1-3-15-9-8-13-11(15)10-14-12(2)6-4-5-7-12/h8-9,14H,3-7,10H2,1-2H3. The molecule has 0 radical (unpaired) electrons. The van der Waals surface area contributed by atoms with Gasteiger partial charge in [-0.1, -0.05) is 12.8 Å². The predicted octanol–water partition coefficient (Wildman–Crippen LogP) is 2.33. The molecule has 0 unspecified atom stereocenters. The van der Waals surface area contributed by atoms with E-state index in [1.165, 1.54) is 25.7 Å². The number of hydrogen-bond donors (Lipinski definition) is 1. The summed E-state index contributed by atoms with van der Waals surface area (Å²) in [6.45, 7) is 6.40. The van der Waals surface area contributed by atoms with Crippen molar-refractivity contribution in [3.63, 3.8) is 0 Å². The van der Waals surface area contributed by atoms with Crippen molar-refractivity contribution in [1.82, 2.24) is 14.9 Å². The van der Waals surface area contributed by atoms with Crippen molar-refractivity contribution in [2.75, 3.05) is 0 Å². The van der Waals surface area contributed by atoms with Crippen LogP contribution < -0.4 is 5.32 Å². The van der Waals surface area contributed by atoms with E-state index in [-0.39, 0.29) is 0 Å². The summed E-state index contributed by atoms with van der Waals surface area (Å²) in [5.41, 5.74) is 0.352. The van der Waals surface area contributed by atoms with E-state index in [2.05, 4.69) is 28.7 Å². The number of nitrogens with zero attached hydrogens (tertiary/aromatic N) is 2. The molecule has 1 fully saturated rings.